The molecule has 1 aromatic heterocycles. The second-order valence-corrected chi connectivity index (χ2v) is 5.83. The van der Waals surface area contributed by atoms with E-state index < -0.39 is 0 Å². The van der Waals surface area contributed by atoms with Gasteiger partial charge in [0.1, 0.15) is 0 Å². The van der Waals surface area contributed by atoms with E-state index in [2.05, 4.69) is 15.5 Å². The second kappa shape index (κ2) is 7.22. The molecule has 0 radical (unpaired) electrons. The lowest BCUT2D eigenvalue weighted by Crippen LogP contribution is -2.40. The first-order valence-electron chi connectivity index (χ1n) is 7.54. The molecule has 0 aliphatic carbocycles. The lowest BCUT2D eigenvalue weighted by Gasteiger charge is -2.31. The number of carbonyl (C=O) groups is 1. The van der Waals surface area contributed by atoms with Gasteiger partial charge >= 0.3 is 0 Å². The molecule has 1 aromatic rings. The number of aromatic nitrogens is 2. The van der Waals surface area contributed by atoms with Gasteiger partial charge in [0.25, 0.3) is 0 Å². The van der Waals surface area contributed by atoms with Crippen molar-refractivity contribution in [1.29, 1.82) is 0 Å². The molecule has 1 amide bonds. The van der Waals surface area contributed by atoms with Crippen LogP contribution in [0.5, 0.6) is 0 Å². The molecule has 0 saturated carbocycles. The van der Waals surface area contributed by atoms with Crippen LogP contribution in [0.25, 0.3) is 0 Å². The van der Waals surface area contributed by atoms with Crippen molar-refractivity contribution in [3.63, 3.8) is 0 Å². The molecule has 7 heteroatoms. The number of aryl methyl sites for hydroxylation is 1. The Bertz CT molecular complexity index is 465. The van der Waals surface area contributed by atoms with E-state index >= 15 is 0 Å². The van der Waals surface area contributed by atoms with Gasteiger partial charge in [-0.3, -0.25) is 4.79 Å². The van der Waals surface area contributed by atoms with Crippen LogP contribution in [-0.4, -0.2) is 46.6 Å². The fraction of sp³-hybridized carbons (Fsp3) is 0.786. The summed E-state index contributed by atoms with van der Waals surface area (Å²) >= 11 is 0. The fourth-order valence-electron chi connectivity index (χ4n) is 3.13. The number of likely N-dealkylation sites (tertiary alicyclic amines) is 1. The molecule has 1 N–H and O–H groups in total. The molecule has 1 atom stereocenters. The summed E-state index contributed by atoms with van der Waals surface area (Å²) in [6.45, 7) is 4.49. The average Bonchev–Trinajstić information content (AvgIpc) is 3.10. The van der Waals surface area contributed by atoms with Crippen molar-refractivity contribution < 1.29 is 9.32 Å². The molecule has 3 rings (SSSR count). The Morgan fingerprint density at radius 3 is 2.71 bits per heavy atom. The largest absolute Gasteiger partial charge is 0.343 e. The van der Waals surface area contributed by atoms with Crippen LogP contribution in [0.1, 0.15) is 49.7 Å². The molecular weight excluding hydrogens is 292 g/mol. The molecular formula is C14H23ClN4O2. The van der Waals surface area contributed by atoms with Gasteiger partial charge in [-0.2, -0.15) is 4.98 Å². The lowest BCUT2D eigenvalue weighted by molar-refractivity contribution is -0.132. The third-order valence-electron chi connectivity index (χ3n) is 4.32. The summed E-state index contributed by atoms with van der Waals surface area (Å²) in [6, 6.07) is 0.388. The van der Waals surface area contributed by atoms with Gasteiger partial charge in [-0.05, 0) is 39.2 Å². The minimum Gasteiger partial charge on any atom is -0.343 e. The number of hydrogen-bond donors (Lipinski definition) is 1. The smallest absolute Gasteiger partial charge is 0.229 e. The van der Waals surface area contributed by atoms with E-state index in [1.807, 2.05) is 11.8 Å². The fourth-order valence-corrected chi connectivity index (χ4v) is 3.13. The summed E-state index contributed by atoms with van der Waals surface area (Å²) in [5.41, 5.74) is 0. The predicted octanol–water partition coefficient (Wildman–Crippen LogP) is 1.65. The van der Waals surface area contributed by atoms with Crippen LogP contribution in [-0.2, 0) is 4.79 Å². The quantitative estimate of drug-likeness (QED) is 0.918. The highest BCUT2D eigenvalue weighted by Crippen LogP contribution is 2.27. The van der Waals surface area contributed by atoms with Crippen molar-refractivity contribution in [3.05, 3.63) is 11.7 Å². The van der Waals surface area contributed by atoms with Crippen molar-refractivity contribution in [2.45, 2.75) is 51.0 Å². The molecule has 0 spiro atoms. The minimum absolute atomic E-state index is 0. The molecule has 2 aliphatic rings. The maximum Gasteiger partial charge on any atom is 0.229 e. The SMILES string of the molecule is Cc1noc(C2CCN(C(=O)CC3CCCN3)CC2)n1.Cl. The highest BCUT2D eigenvalue weighted by molar-refractivity contribution is 5.85. The topological polar surface area (TPSA) is 71.3 Å². The van der Waals surface area contributed by atoms with Crippen LogP contribution >= 0.6 is 12.4 Å². The van der Waals surface area contributed by atoms with E-state index in [1.54, 1.807) is 0 Å². The number of carbonyl (C=O) groups excluding carboxylic acids is 1. The number of hydrogen-bond acceptors (Lipinski definition) is 5. The van der Waals surface area contributed by atoms with Crippen molar-refractivity contribution in [1.82, 2.24) is 20.4 Å². The zero-order valence-corrected chi connectivity index (χ0v) is 13.2. The van der Waals surface area contributed by atoms with Gasteiger partial charge in [-0.15, -0.1) is 12.4 Å². The van der Waals surface area contributed by atoms with E-state index in [1.165, 1.54) is 6.42 Å². The Labute approximate surface area is 131 Å². The van der Waals surface area contributed by atoms with E-state index in [4.69, 9.17) is 4.52 Å². The van der Waals surface area contributed by atoms with Gasteiger partial charge in [0.2, 0.25) is 11.8 Å². The van der Waals surface area contributed by atoms with Crippen LogP contribution in [0, 0.1) is 6.92 Å². The highest BCUT2D eigenvalue weighted by atomic mass is 35.5. The summed E-state index contributed by atoms with van der Waals surface area (Å²) < 4.78 is 5.23. The average molecular weight is 315 g/mol. The summed E-state index contributed by atoms with van der Waals surface area (Å²) in [6.07, 6.45) is 4.81. The number of nitrogens with one attached hydrogen (secondary N) is 1. The van der Waals surface area contributed by atoms with Crippen molar-refractivity contribution in [2.75, 3.05) is 19.6 Å². The molecule has 6 nitrogen and oxygen atoms in total. The number of rotatable bonds is 3. The van der Waals surface area contributed by atoms with Crippen LogP contribution in [0.15, 0.2) is 4.52 Å². The highest BCUT2D eigenvalue weighted by Gasteiger charge is 2.28. The van der Waals surface area contributed by atoms with E-state index in [9.17, 15) is 4.79 Å². The maximum atomic E-state index is 12.2. The van der Waals surface area contributed by atoms with Crippen LogP contribution in [0.4, 0.5) is 0 Å². The van der Waals surface area contributed by atoms with Crippen LogP contribution in [0.2, 0.25) is 0 Å². The second-order valence-electron chi connectivity index (χ2n) is 5.83. The van der Waals surface area contributed by atoms with Crippen molar-refractivity contribution in [2.24, 2.45) is 0 Å². The number of halogens is 1. The van der Waals surface area contributed by atoms with E-state index in [0.29, 0.717) is 24.2 Å². The lowest BCUT2D eigenvalue weighted by atomic mass is 9.96. The summed E-state index contributed by atoms with van der Waals surface area (Å²) in [7, 11) is 0. The molecule has 2 fully saturated rings. The summed E-state index contributed by atoms with van der Waals surface area (Å²) in [4.78, 5) is 18.5. The number of piperidine rings is 1. The molecule has 0 aromatic carbocycles. The van der Waals surface area contributed by atoms with E-state index in [-0.39, 0.29) is 18.3 Å². The van der Waals surface area contributed by atoms with Gasteiger partial charge < -0.3 is 14.7 Å². The Morgan fingerprint density at radius 1 is 1.38 bits per heavy atom. The minimum atomic E-state index is 0. The zero-order valence-electron chi connectivity index (χ0n) is 12.4. The summed E-state index contributed by atoms with van der Waals surface area (Å²) in [5.74, 6) is 2.01. The molecule has 118 valence electrons. The molecule has 2 saturated heterocycles. The van der Waals surface area contributed by atoms with Gasteiger partial charge in [0, 0.05) is 31.5 Å². The Kier molecular flexibility index (Phi) is 5.58. The van der Waals surface area contributed by atoms with E-state index in [0.717, 1.165) is 44.8 Å². The zero-order chi connectivity index (χ0) is 13.9. The number of nitrogens with zero attached hydrogens (tertiary/aromatic N) is 3. The van der Waals surface area contributed by atoms with Gasteiger partial charge in [0.05, 0.1) is 0 Å². The van der Waals surface area contributed by atoms with Crippen LogP contribution < -0.4 is 5.32 Å². The third-order valence-corrected chi connectivity index (χ3v) is 4.32. The first-order valence-corrected chi connectivity index (χ1v) is 7.54. The van der Waals surface area contributed by atoms with Gasteiger partial charge in [-0.25, -0.2) is 0 Å². The first-order chi connectivity index (χ1) is 9.72. The normalized spacial score (nSPS) is 23.1. The van der Waals surface area contributed by atoms with Crippen molar-refractivity contribution >= 4 is 18.3 Å². The predicted molar refractivity (Wildman–Crippen MR) is 80.5 cm³/mol. The molecule has 21 heavy (non-hydrogen) atoms. The van der Waals surface area contributed by atoms with Crippen LogP contribution in [0.3, 0.4) is 0 Å². The van der Waals surface area contributed by atoms with Gasteiger partial charge in [0.15, 0.2) is 5.82 Å². The van der Waals surface area contributed by atoms with Gasteiger partial charge in [-0.1, -0.05) is 5.16 Å². The summed E-state index contributed by atoms with van der Waals surface area (Å²) in [5, 5.41) is 7.22. The first kappa shape index (κ1) is 16.2. The Balaban J connectivity index is 0.00000161. The molecule has 2 aliphatic heterocycles. The Hall–Kier alpha value is -1.14. The maximum absolute atomic E-state index is 12.2. The standard InChI is InChI=1S/C14H22N4O2.ClH/c1-10-16-14(20-17-10)11-4-7-18(8-5-11)13(19)9-12-3-2-6-15-12;/h11-12,15H,2-9H2,1H3;1H. The molecule has 3 heterocycles. The molecule has 0 bridgehead atoms. The third kappa shape index (κ3) is 3.95. The molecule has 1 unspecified atom stereocenters. The Morgan fingerprint density at radius 2 is 2.14 bits per heavy atom. The monoisotopic (exact) mass is 314 g/mol. The number of amides is 1. The van der Waals surface area contributed by atoms with Crippen molar-refractivity contribution in [3.8, 4) is 0 Å².